The maximum Gasteiger partial charge on any atom is 0.183 e. The summed E-state index contributed by atoms with van der Waals surface area (Å²) in [6.45, 7) is 6.26. The minimum Gasteiger partial charge on any atom is -0.292 e. The molecule has 1 atom stereocenters. The van der Waals surface area contributed by atoms with Crippen LogP contribution in [0.3, 0.4) is 0 Å². The normalized spacial score (nSPS) is 18.8. The lowest BCUT2D eigenvalue weighted by atomic mass is 9.85. The first-order valence-corrected chi connectivity index (χ1v) is 7.79. The van der Waals surface area contributed by atoms with E-state index in [9.17, 15) is 4.79 Å². The highest BCUT2D eigenvalue weighted by Gasteiger charge is 2.39. The number of rotatable bonds is 4. The zero-order chi connectivity index (χ0) is 14.9. The molecule has 0 amide bonds. The molecule has 0 aliphatic carbocycles. The molecule has 2 heterocycles. The number of benzene rings is 1. The molecule has 3 rings (SSSR count). The third kappa shape index (κ3) is 2.36. The Labute approximate surface area is 126 Å². The average Bonchev–Trinajstić information content (AvgIpc) is 3.08. The molecule has 110 valence electrons. The van der Waals surface area contributed by atoms with Gasteiger partial charge in [-0.2, -0.15) is 0 Å². The molecule has 1 aliphatic heterocycles. The van der Waals surface area contributed by atoms with E-state index >= 15 is 0 Å². The number of ketones is 1. The van der Waals surface area contributed by atoms with E-state index in [2.05, 4.69) is 23.7 Å². The maximum absolute atomic E-state index is 13.2. The smallest absolute Gasteiger partial charge is 0.183 e. The summed E-state index contributed by atoms with van der Waals surface area (Å²) in [6.07, 6.45) is 6.81. The predicted octanol–water partition coefficient (Wildman–Crippen LogP) is 3.68. The Hall–Kier alpha value is -1.74. The van der Waals surface area contributed by atoms with Gasteiger partial charge in [-0.3, -0.25) is 14.7 Å². The van der Waals surface area contributed by atoms with Crippen molar-refractivity contribution in [3.63, 3.8) is 0 Å². The van der Waals surface area contributed by atoms with Crippen LogP contribution in [-0.4, -0.2) is 34.3 Å². The molecule has 0 bridgehead atoms. The number of nitrogens with zero attached hydrogens (tertiary/aromatic N) is 2. The van der Waals surface area contributed by atoms with Gasteiger partial charge < -0.3 is 0 Å². The number of hydrogen-bond donors (Lipinski definition) is 0. The Bertz CT molecular complexity index is 656. The fraction of sp³-hybridized carbons (Fsp3) is 0.444. The summed E-state index contributed by atoms with van der Waals surface area (Å²) in [5.74, 6) is 0.227. The quantitative estimate of drug-likeness (QED) is 0.802. The molecule has 21 heavy (non-hydrogen) atoms. The van der Waals surface area contributed by atoms with Gasteiger partial charge >= 0.3 is 0 Å². The van der Waals surface area contributed by atoms with Crippen LogP contribution in [-0.2, 0) is 0 Å². The number of pyridine rings is 1. The van der Waals surface area contributed by atoms with E-state index in [1.54, 1.807) is 6.20 Å². The van der Waals surface area contributed by atoms with Crippen molar-refractivity contribution in [2.45, 2.75) is 38.6 Å². The van der Waals surface area contributed by atoms with E-state index in [0.29, 0.717) is 0 Å². The van der Waals surface area contributed by atoms with E-state index in [-0.39, 0.29) is 5.78 Å². The van der Waals surface area contributed by atoms with Crippen molar-refractivity contribution >= 4 is 16.6 Å². The molecule has 0 N–H and O–H groups in total. The van der Waals surface area contributed by atoms with Gasteiger partial charge in [0.1, 0.15) is 0 Å². The first-order chi connectivity index (χ1) is 10.2. The fourth-order valence-electron chi connectivity index (χ4n) is 3.34. The summed E-state index contributed by atoms with van der Waals surface area (Å²) >= 11 is 0. The molecular weight excluding hydrogens is 260 g/mol. The van der Waals surface area contributed by atoms with E-state index in [1.807, 2.05) is 30.5 Å². The van der Waals surface area contributed by atoms with Crippen LogP contribution in [0, 0.1) is 0 Å². The molecule has 3 heteroatoms. The van der Waals surface area contributed by atoms with E-state index in [4.69, 9.17) is 0 Å². The number of Topliss-reactive ketones (excluding diaryl/α,β-unsaturated/α-hetero) is 1. The molecule has 0 saturated carbocycles. The number of likely N-dealkylation sites (tertiary alicyclic amines) is 1. The van der Waals surface area contributed by atoms with E-state index in [0.717, 1.165) is 35.8 Å². The Kier molecular flexibility index (Phi) is 3.77. The summed E-state index contributed by atoms with van der Waals surface area (Å²) in [5, 5.41) is 2.04. The standard InChI is InChI=1S/C18H22N2O/c1-3-18(2,20-11-4-5-12-20)17(21)15-8-6-7-14-9-10-19-13-16(14)15/h6-10,13H,3-5,11-12H2,1-2H3. The first kappa shape index (κ1) is 14.2. The Morgan fingerprint density at radius 1 is 1.29 bits per heavy atom. The molecule has 0 radical (unpaired) electrons. The number of carbonyl (C=O) groups is 1. The van der Waals surface area contributed by atoms with Crippen molar-refractivity contribution in [1.29, 1.82) is 0 Å². The Morgan fingerprint density at radius 2 is 2.05 bits per heavy atom. The predicted molar refractivity (Wildman–Crippen MR) is 85.6 cm³/mol. The number of hydrogen-bond acceptors (Lipinski definition) is 3. The van der Waals surface area contributed by atoms with Gasteiger partial charge in [0.25, 0.3) is 0 Å². The van der Waals surface area contributed by atoms with Crippen molar-refractivity contribution in [2.24, 2.45) is 0 Å². The summed E-state index contributed by atoms with van der Waals surface area (Å²) < 4.78 is 0. The van der Waals surface area contributed by atoms with Gasteiger partial charge in [-0.15, -0.1) is 0 Å². The molecule has 1 aliphatic rings. The minimum atomic E-state index is -0.402. The molecule has 2 aromatic rings. The van der Waals surface area contributed by atoms with Gasteiger partial charge in [0.05, 0.1) is 5.54 Å². The second kappa shape index (κ2) is 5.57. The van der Waals surface area contributed by atoms with Gasteiger partial charge in [0.15, 0.2) is 5.78 Å². The number of carbonyl (C=O) groups excluding carboxylic acids is 1. The van der Waals surface area contributed by atoms with Gasteiger partial charge in [-0.25, -0.2) is 0 Å². The topological polar surface area (TPSA) is 33.2 Å². The summed E-state index contributed by atoms with van der Waals surface area (Å²) in [7, 11) is 0. The summed E-state index contributed by atoms with van der Waals surface area (Å²) in [4.78, 5) is 19.8. The van der Waals surface area contributed by atoms with Gasteiger partial charge in [0.2, 0.25) is 0 Å². The van der Waals surface area contributed by atoms with Gasteiger partial charge in [0, 0.05) is 23.3 Å². The first-order valence-electron chi connectivity index (χ1n) is 7.79. The third-order valence-electron chi connectivity index (χ3n) is 4.91. The lowest BCUT2D eigenvalue weighted by Crippen LogP contribution is -2.50. The second-order valence-corrected chi connectivity index (χ2v) is 6.05. The summed E-state index contributed by atoms with van der Waals surface area (Å²) in [6, 6.07) is 7.91. The molecule has 1 saturated heterocycles. The molecule has 0 spiro atoms. The van der Waals surface area contributed by atoms with Crippen LogP contribution in [0.25, 0.3) is 10.8 Å². The minimum absolute atomic E-state index is 0.227. The highest BCUT2D eigenvalue weighted by atomic mass is 16.1. The van der Waals surface area contributed by atoms with Crippen LogP contribution >= 0.6 is 0 Å². The fourth-order valence-corrected chi connectivity index (χ4v) is 3.34. The SMILES string of the molecule is CCC(C)(C(=O)c1cccc2ccncc12)N1CCCC1. The molecule has 1 aromatic heterocycles. The van der Waals surface area contributed by atoms with E-state index in [1.165, 1.54) is 12.8 Å². The third-order valence-corrected chi connectivity index (χ3v) is 4.91. The number of aromatic nitrogens is 1. The van der Waals surface area contributed by atoms with Crippen molar-refractivity contribution in [1.82, 2.24) is 9.88 Å². The van der Waals surface area contributed by atoms with Crippen molar-refractivity contribution in [3.05, 3.63) is 42.2 Å². The monoisotopic (exact) mass is 282 g/mol. The molecule has 1 unspecified atom stereocenters. The molecule has 3 nitrogen and oxygen atoms in total. The van der Waals surface area contributed by atoms with Crippen LogP contribution in [0.2, 0.25) is 0 Å². The van der Waals surface area contributed by atoms with Crippen molar-refractivity contribution in [2.75, 3.05) is 13.1 Å². The lowest BCUT2D eigenvalue weighted by Gasteiger charge is -2.37. The van der Waals surface area contributed by atoms with Crippen LogP contribution in [0.15, 0.2) is 36.7 Å². The lowest BCUT2D eigenvalue weighted by molar-refractivity contribution is 0.0649. The molecular formula is C18H22N2O. The van der Waals surface area contributed by atoms with Gasteiger partial charge in [-0.1, -0.05) is 25.1 Å². The van der Waals surface area contributed by atoms with Crippen molar-refractivity contribution < 1.29 is 4.79 Å². The van der Waals surface area contributed by atoms with E-state index < -0.39 is 5.54 Å². The largest absolute Gasteiger partial charge is 0.292 e. The highest BCUT2D eigenvalue weighted by Crippen LogP contribution is 2.30. The Morgan fingerprint density at radius 3 is 2.76 bits per heavy atom. The molecule has 1 aromatic carbocycles. The van der Waals surface area contributed by atoms with Crippen molar-refractivity contribution in [3.8, 4) is 0 Å². The summed E-state index contributed by atoms with van der Waals surface area (Å²) in [5.41, 5.74) is 0.400. The molecule has 1 fully saturated rings. The van der Waals surface area contributed by atoms with Gasteiger partial charge in [-0.05, 0) is 50.7 Å². The van der Waals surface area contributed by atoms with Crippen LogP contribution in [0.1, 0.15) is 43.5 Å². The average molecular weight is 282 g/mol. The zero-order valence-electron chi connectivity index (χ0n) is 12.8. The van der Waals surface area contributed by atoms with Crippen LogP contribution in [0.4, 0.5) is 0 Å². The van der Waals surface area contributed by atoms with Crippen LogP contribution in [0.5, 0.6) is 0 Å². The Balaban J connectivity index is 2.06. The number of fused-ring (bicyclic) bond motifs is 1. The highest BCUT2D eigenvalue weighted by molar-refractivity contribution is 6.12. The maximum atomic E-state index is 13.2. The second-order valence-electron chi connectivity index (χ2n) is 6.05. The van der Waals surface area contributed by atoms with Crippen LogP contribution < -0.4 is 0 Å². The zero-order valence-corrected chi connectivity index (χ0v) is 12.8.